The molecule has 0 saturated carbocycles. The molecule has 0 spiro atoms. The van der Waals surface area contributed by atoms with Gasteiger partial charge in [0.2, 0.25) is 5.91 Å². The van der Waals surface area contributed by atoms with Crippen LogP contribution in [0.25, 0.3) is 11.3 Å². The Bertz CT molecular complexity index is 967. The van der Waals surface area contributed by atoms with Crippen LogP contribution in [0.5, 0.6) is 0 Å². The first-order valence-corrected chi connectivity index (χ1v) is 8.73. The van der Waals surface area contributed by atoms with Crippen LogP contribution in [0.4, 0.5) is 16.3 Å². The van der Waals surface area contributed by atoms with Gasteiger partial charge in [0.15, 0.2) is 5.82 Å². The number of amides is 3. The van der Waals surface area contributed by atoms with E-state index in [9.17, 15) is 9.59 Å². The molecule has 136 valence electrons. The lowest BCUT2D eigenvalue weighted by Crippen LogP contribution is -2.19. The van der Waals surface area contributed by atoms with E-state index in [1.165, 1.54) is 0 Å². The predicted molar refractivity (Wildman–Crippen MR) is 103 cm³/mol. The lowest BCUT2D eigenvalue weighted by Gasteiger charge is -2.11. The smallest absolute Gasteiger partial charge is 0.324 e. The molecule has 2 aromatic carbocycles. The summed E-state index contributed by atoms with van der Waals surface area (Å²) in [6, 6.07) is 18.7. The Morgan fingerprint density at radius 3 is 2.67 bits per heavy atom. The number of nitrogens with zero attached hydrogens (tertiary/aromatic N) is 1. The fraction of sp³-hybridized carbons (Fsp3) is 0.150. The zero-order valence-electron chi connectivity index (χ0n) is 14.5. The molecular formula is C20H19N5O2. The van der Waals surface area contributed by atoms with Crippen LogP contribution in [0, 0.1) is 0 Å². The number of urea groups is 1. The van der Waals surface area contributed by atoms with Gasteiger partial charge in [0.25, 0.3) is 0 Å². The van der Waals surface area contributed by atoms with Crippen LogP contribution in [0.15, 0.2) is 60.7 Å². The van der Waals surface area contributed by atoms with Crippen LogP contribution < -0.4 is 16.0 Å². The topological polar surface area (TPSA) is 98.9 Å². The third-order valence-electron chi connectivity index (χ3n) is 4.50. The van der Waals surface area contributed by atoms with Gasteiger partial charge in [-0.1, -0.05) is 42.5 Å². The second-order valence-electron chi connectivity index (χ2n) is 6.44. The predicted octanol–water partition coefficient (Wildman–Crippen LogP) is 3.32. The average Bonchev–Trinajstić information content (AvgIpc) is 3.32. The highest BCUT2D eigenvalue weighted by atomic mass is 16.2. The summed E-state index contributed by atoms with van der Waals surface area (Å²) in [4.78, 5) is 23.7. The highest BCUT2D eigenvalue weighted by Crippen LogP contribution is 2.25. The van der Waals surface area contributed by atoms with Crippen molar-refractivity contribution in [2.24, 2.45) is 0 Å². The number of carbonyl (C=O) groups is 2. The van der Waals surface area contributed by atoms with Crippen LogP contribution in [0.2, 0.25) is 0 Å². The van der Waals surface area contributed by atoms with E-state index in [1.54, 1.807) is 6.07 Å². The summed E-state index contributed by atoms with van der Waals surface area (Å²) < 4.78 is 0. The van der Waals surface area contributed by atoms with E-state index >= 15 is 0 Å². The Kier molecular flexibility index (Phi) is 4.57. The number of hydrogen-bond donors (Lipinski definition) is 4. The molecule has 27 heavy (non-hydrogen) atoms. The maximum absolute atomic E-state index is 12.3. The number of carbonyl (C=O) groups excluding carboxylic acids is 2. The molecule has 7 nitrogen and oxygen atoms in total. The third-order valence-corrected chi connectivity index (χ3v) is 4.50. The molecule has 0 radical (unpaired) electrons. The first kappa shape index (κ1) is 16.8. The zero-order valence-corrected chi connectivity index (χ0v) is 14.5. The van der Waals surface area contributed by atoms with Crippen molar-refractivity contribution in [2.45, 2.75) is 12.3 Å². The fourth-order valence-corrected chi connectivity index (χ4v) is 3.14. The maximum Gasteiger partial charge on any atom is 0.324 e. The first-order valence-electron chi connectivity index (χ1n) is 8.73. The number of aromatic amines is 1. The van der Waals surface area contributed by atoms with E-state index in [4.69, 9.17) is 0 Å². The number of hydrogen-bond acceptors (Lipinski definition) is 3. The maximum atomic E-state index is 12.3. The van der Waals surface area contributed by atoms with Gasteiger partial charge >= 0.3 is 6.03 Å². The Balaban J connectivity index is 1.40. The molecular weight excluding hydrogens is 342 g/mol. The van der Waals surface area contributed by atoms with Gasteiger partial charge in [-0.2, -0.15) is 5.10 Å². The van der Waals surface area contributed by atoms with Gasteiger partial charge in [0.05, 0.1) is 5.69 Å². The highest BCUT2D eigenvalue weighted by molar-refractivity contribution is 5.99. The lowest BCUT2D eigenvalue weighted by atomic mass is 9.98. The van der Waals surface area contributed by atoms with Crippen molar-refractivity contribution in [1.82, 2.24) is 15.5 Å². The molecule has 1 atom stereocenters. The van der Waals surface area contributed by atoms with Crippen molar-refractivity contribution in [3.63, 3.8) is 0 Å². The van der Waals surface area contributed by atoms with Crippen LogP contribution in [0.3, 0.4) is 0 Å². The first-order chi connectivity index (χ1) is 13.2. The third kappa shape index (κ3) is 3.98. The highest BCUT2D eigenvalue weighted by Gasteiger charge is 2.23. The molecule has 2 heterocycles. The number of benzene rings is 2. The summed E-state index contributed by atoms with van der Waals surface area (Å²) >= 11 is 0. The van der Waals surface area contributed by atoms with Crippen molar-refractivity contribution in [3.05, 3.63) is 66.2 Å². The van der Waals surface area contributed by atoms with Crippen LogP contribution >= 0.6 is 0 Å². The molecule has 1 saturated heterocycles. The Labute approximate surface area is 156 Å². The molecule has 1 aromatic heterocycles. The second-order valence-corrected chi connectivity index (χ2v) is 6.44. The minimum Gasteiger partial charge on any atom is -0.355 e. The SMILES string of the molecule is O=C1CC(c2cccc(NC(=O)Nc3cc(-c4ccccc4)[nH]n3)c2)CN1. The zero-order chi connectivity index (χ0) is 18.6. The normalized spacial score (nSPS) is 16.0. The summed E-state index contributed by atoms with van der Waals surface area (Å²) in [7, 11) is 0. The molecule has 7 heteroatoms. The van der Waals surface area contributed by atoms with E-state index in [0.717, 1.165) is 16.8 Å². The minimum absolute atomic E-state index is 0.0591. The Hall–Kier alpha value is -3.61. The van der Waals surface area contributed by atoms with Gasteiger partial charge < -0.3 is 10.6 Å². The molecule has 1 aliphatic heterocycles. The molecule has 1 aliphatic rings. The van der Waals surface area contributed by atoms with E-state index in [-0.39, 0.29) is 17.9 Å². The number of rotatable bonds is 4. The van der Waals surface area contributed by atoms with Gasteiger partial charge in [-0.15, -0.1) is 0 Å². The van der Waals surface area contributed by atoms with Crippen molar-refractivity contribution in [3.8, 4) is 11.3 Å². The van der Waals surface area contributed by atoms with E-state index in [0.29, 0.717) is 24.5 Å². The van der Waals surface area contributed by atoms with Crippen LogP contribution in [-0.2, 0) is 4.79 Å². The standard InChI is InChI=1S/C20H19N5O2/c26-19-10-15(12-21-19)14-7-4-8-16(9-14)22-20(27)23-18-11-17(24-25-18)13-5-2-1-3-6-13/h1-9,11,15H,10,12H2,(H,21,26)(H3,22,23,24,25,27). The van der Waals surface area contributed by atoms with Crippen molar-refractivity contribution in [2.75, 3.05) is 17.2 Å². The van der Waals surface area contributed by atoms with Gasteiger partial charge in [0, 0.05) is 30.6 Å². The molecule has 4 N–H and O–H groups in total. The van der Waals surface area contributed by atoms with E-state index in [1.807, 2.05) is 54.6 Å². The van der Waals surface area contributed by atoms with Gasteiger partial charge in [-0.05, 0) is 23.3 Å². The molecule has 3 amide bonds. The van der Waals surface area contributed by atoms with Gasteiger partial charge in [0.1, 0.15) is 0 Å². The van der Waals surface area contributed by atoms with Gasteiger partial charge in [-0.3, -0.25) is 15.2 Å². The average molecular weight is 361 g/mol. The molecule has 0 aliphatic carbocycles. The molecule has 1 fully saturated rings. The van der Waals surface area contributed by atoms with Crippen LogP contribution in [-0.4, -0.2) is 28.7 Å². The minimum atomic E-state index is -0.376. The number of aromatic nitrogens is 2. The lowest BCUT2D eigenvalue weighted by molar-refractivity contribution is -0.119. The molecule has 4 rings (SSSR count). The fourth-order valence-electron chi connectivity index (χ4n) is 3.14. The summed E-state index contributed by atoms with van der Waals surface area (Å²) in [5.41, 5.74) is 3.51. The number of anilines is 2. The summed E-state index contributed by atoms with van der Waals surface area (Å²) in [5.74, 6) is 0.638. The van der Waals surface area contributed by atoms with Crippen molar-refractivity contribution >= 4 is 23.4 Å². The summed E-state index contributed by atoms with van der Waals surface area (Å²) in [6.45, 7) is 0.629. The second kappa shape index (κ2) is 7.33. The van der Waals surface area contributed by atoms with Crippen molar-refractivity contribution < 1.29 is 9.59 Å². The largest absolute Gasteiger partial charge is 0.355 e. The quantitative estimate of drug-likeness (QED) is 0.574. The van der Waals surface area contributed by atoms with Gasteiger partial charge in [-0.25, -0.2) is 4.79 Å². The Morgan fingerprint density at radius 2 is 1.89 bits per heavy atom. The molecule has 0 bridgehead atoms. The van der Waals surface area contributed by atoms with E-state index in [2.05, 4.69) is 26.1 Å². The van der Waals surface area contributed by atoms with Crippen LogP contribution in [0.1, 0.15) is 17.9 Å². The van der Waals surface area contributed by atoms with E-state index < -0.39 is 0 Å². The summed E-state index contributed by atoms with van der Waals surface area (Å²) in [6.07, 6.45) is 0.477. The Morgan fingerprint density at radius 1 is 1.04 bits per heavy atom. The number of H-pyrrole nitrogens is 1. The van der Waals surface area contributed by atoms with Crippen molar-refractivity contribution in [1.29, 1.82) is 0 Å². The monoisotopic (exact) mass is 361 g/mol. The molecule has 1 unspecified atom stereocenters. The summed E-state index contributed by atoms with van der Waals surface area (Å²) in [5, 5.41) is 15.4. The molecule has 3 aromatic rings. The number of nitrogens with one attached hydrogen (secondary N) is 4.